The molecule has 0 bridgehead atoms. The number of aromatic hydroxyl groups is 1. The molecule has 1 aliphatic carbocycles. The second-order valence-electron chi connectivity index (χ2n) is 4.10. The van der Waals surface area contributed by atoms with Crippen LogP contribution in [0.2, 0.25) is 0 Å². The number of nitrogens with two attached hydrogens (primary N) is 1. The van der Waals surface area contributed by atoms with Crippen LogP contribution in [0.3, 0.4) is 0 Å². The fraction of sp³-hybridized carbons (Fsp3) is 0.273. The molecule has 0 atom stereocenters. The fourth-order valence-corrected chi connectivity index (χ4v) is 3.32. The number of primary amides is 1. The molecule has 1 amide bonds. The van der Waals surface area contributed by atoms with Gasteiger partial charge in [-0.1, -0.05) is 11.3 Å². The summed E-state index contributed by atoms with van der Waals surface area (Å²) < 4.78 is 1.73. The Bertz CT molecular complexity index is 633. The predicted octanol–water partition coefficient (Wildman–Crippen LogP) is 1.05. The van der Waals surface area contributed by atoms with Crippen molar-refractivity contribution >= 4 is 17.2 Å². The van der Waals surface area contributed by atoms with Gasteiger partial charge in [0.1, 0.15) is 0 Å². The molecule has 3 rings (SSSR count). The second-order valence-corrected chi connectivity index (χ2v) is 5.10. The van der Waals surface area contributed by atoms with E-state index in [0.29, 0.717) is 4.88 Å². The first-order chi connectivity index (χ1) is 8.09. The molecule has 3 N–H and O–H groups in total. The molecule has 2 aromatic rings. The number of hydrogen-bond donors (Lipinski definition) is 2. The first-order valence-corrected chi connectivity index (χ1v) is 6.07. The maximum atomic E-state index is 11.3. The van der Waals surface area contributed by atoms with Crippen molar-refractivity contribution in [3.8, 4) is 16.3 Å². The zero-order valence-corrected chi connectivity index (χ0v) is 17.1. The molecule has 0 aromatic carbocycles. The monoisotopic (exact) mass is 516 g/mol. The Morgan fingerprint density at radius 1 is 1.56 bits per heavy atom. The van der Waals surface area contributed by atoms with Crippen molar-refractivity contribution in [2.45, 2.75) is 12.8 Å². The number of fused-ring (bicyclic) bond motifs is 3. The van der Waals surface area contributed by atoms with Crippen LogP contribution in [-0.2, 0) is 19.9 Å². The molecule has 0 radical (unpaired) electrons. The van der Waals surface area contributed by atoms with Gasteiger partial charge in [-0.15, -0.1) is 0 Å². The third-order valence-corrected chi connectivity index (χ3v) is 4.16. The average molecular weight is 516 g/mol. The molecule has 2 aromatic heterocycles. The summed E-state index contributed by atoms with van der Waals surface area (Å²) in [5.41, 5.74) is 8.90. The van der Waals surface area contributed by atoms with Crippen LogP contribution < -0.4 is 5.73 Å². The molecule has 0 aliphatic heterocycles. The smallest absolute Gasteiger partial charge is 0.259 e. The van der Waals surface area contributed by atoms with Crippen molar-refractivity contribution in [2.24, 2.45) is 12.8 Å². The fourth-order valence-electron chi connectivity index (χ4n) is 2.38. The predicted molar refractivity (Wildman–Crippen MR) is 64.1 cm³/mol. The molecule has 0 spiro atoms. The van der Waals surface area contributed by atoms with Gasteiger partial charge in [-0.2, -0.15) is 5.10 Å². The Morgan fingerprint density at radius 2 is 2.28 bits per heavy atom. The molecule has 2 heterocycles. The number of rotatable bonds is 1. The van der Waals surface area contributed by atoms with Crippen LogP contribution in [0.5, 0.6) is 5.06 Å². The Kier molecular flexibility index (Phi) is 2.33. The maximum Gasteiger partial charge on any atom is 0.259 e. The van der Waals surface area contributed by atoms with Crippen LogP contribution in [0.4, 0.5) is 0 Å². The molecule has 1 aliphatic rings. The van der Waals surface area contributed by atoms with Crippen LogP contribution in [0.25, 0.3) is 11.3 Å². The molecule has 18 heavy (non-hydrogen) atoms. The van der Waals surface area contributed by atoms with Gasteiger partial charge in [0.05, 0.1) is 22.3 Å². The Morgan fingerprint density at radius 3 is 2.94 bits per heavy atom. The van der Waals surface area contributed by atoms with E-state index in [2.05, 4.69) is 5.10 Å². The van der Waals surface area contributed by atoms with Crippen molar-refractivity contribution in [2.75, 3.05) is 0 Å². The van der Waals surface area contributed by atoms with Gasteiger partial charge in [-0.05, 0) is 24.0 Å². The Hall–Kier alpha value is -2.82. The molecule has 0 saturated carbocycles. The van der Waals surface area contributed by atoms with E-state index in [1.54, 1.807) is 10.9 Å². The molecular formula is C11H11N3O2RfS. The topological polar surface area (TPSA) is 81.1 Å². The van der Waals surface area contributed by atoms with Gasteiger partial charge < -0.3 is 10.8 Å². The van der Waals surface area contributed by atoms with Gasteiger partial charge in [0.2, 0.25) is 0 Å². The quantitative estimate of drug-likeness (QED) is 0.595. The summed E-state index contributed by atoms with van der Waals surface area (Å²) >= 11 is 1.05. The van der Waals surface area contributed by atoms with Crippen LogP contribution in [0, 0.1) is 0 Å². The molecule has 0 fully saturated rings. The minimum Gasteiger partial charge on any atom is -0.499 e. The summed E-state index contributed by atoms with van der Waals surface area (Å²) in [6.07, 6.45) is 3.36. The van der Waals surface area contributed by atoms with E-state index in [4.69, 9.17) is 5.73 Å². The van der Waals surface area contributed by atoms with E-state index in [9.17, 15) is 9.90 Å². The molecule has 0 unspecified atom stereocenters. The van der Waals surface area contributed by atoms with Crippen molar-refractivity contribution in [1.29, 1.82) is 0 Å². The van der Waals surface area contributed by atoms with Gasteiger partial charge in [0, 0.05) is 7.05 Å². The molecule has 90 valence electrons. The van der Waals surface area contributed by atoms with Crippen molar-refractivity contribution in [3.05, 3.63) is 22.2 Å². The number of nitrogens with zero attached hydrogens (tertiary/aromatic N) is 2. The van der Waals surface area contributed by atoms with Crippen LogP contribution >= 0.6 is 11.3 Å². The summed E-state index contributed by atoms with van der Waals surface area (Å²) in [6.45, 7) is 0. The van der Waals surface area contributed by atoms with E-state index in [1.165, 1.54) is 0 Å². The van der Waals surface area contributed by atoms with Gasteiger partial charge in [0.25, 0.3) is 5.91 Å². The molecule has 5 nitrogen and oxygen atoms in total. The minimum absolute atomic E-state index is 0. The number of hydrogen-bond acceptors (Lipinski definition) is 4. The van der Waals surface area contributed by atoms with Gasteiger partial charge >= 0.3 is 0 Å². The minimum atomic E-state index is -0.475. The normalized spacial score (nSPS) is 12.5. The van der Waals surface area contributed by atoms with Crippen molar-refractivity contribution < 1.29 is 9.90 Å². The summed E-state index contributed by atoms with van der Waals surface area (Å²) in [4.78, 5) is 11.8. The average Bonchev–Trinajstić information content (AvgIpc) is 2.81. The number of aromatic nitrogens is 2. The molecular weight excluding hydrogens is 505 g/mol. The first-order valence-electron chi connectivity index (χ1n) is 5.25. The zero-order valence-electron chi connectivity index (χ0n) is 9.93. The summed E-state index contributed by atoms with van der Waals surface area (Å²) in [7, 11) is 1.83. The Labute approximate surface area is 101 Å². The van der Waals surface area contributed by atoms with E-state index < -0.39 is 5.91 Å². The summed E-state index contributed by atoms with van der Waals surface area (Å²) in [5.74, 6) is -0.475. The number of thiophene rings is 1. The number of amides is 1. The van der Waals surface area contributed by atoms with Crippen molar-refractivity contribution in [3.63, 3.8) is 0 Å². The van der Waals surface area contributed by atoms with E-state index in [-0.39, 0.29) is 5.06 Å². The SMILES string of the molecule is Cn1ncc2c1-c1c(O)sc(C(N)=O)c1CC2.[Rf]. The standard InChI is InChI=1S/C11H11N3O2S.Rf/c1-14-8-5(4-13-14)2-3-6-7(8)11(16)17-9(6)10(12)15;/h4,16H,2-3H2,1H3,(H2,12,15);. The van der Waals surface area contributed by atoms with Crippen LogP contribution in [-0.4, -0.2) is 20.8 Å². The maximum absolute atomic E-state index is 11.3. The third kappa shape index (κ3) is 1.27. The van der Waals surface area contributed by atoms with E-state index >= 15 is 0 Å². The van der Waals surface area contributed by atoms with E-state index in [1.807, 2.05) is 7.05 Å². The van der Waals surface area contributed by atoms with Crippen molar-refractivity contribution in [1.82, 2.24) is 9.78 Å². The van der Waals surface area contributed by atoms with Crippen LogP contribution in [0.1, 0.15) is 20.8 Å². The number of carbonyl (C=O) groups excluding carboxylic acids is 1. The summed E-state index contributed by atoms with van der Waals surface area (Å²) in [6, 6.07) is 0. The molecule has 0 saturated heterocycles. The largest absolute Gasteiger partial charge is 0.499 e. The van der Waals surface area contributed by atoms with E-state index in [0.717, 1.165) is 46.6 Å². The summed E-state index contributed by atoms with van der Waals surface area (Å²) in [5, 5.41) is 14.3. The van der Waals surface area contributed by atoms with Gasteiger partial charge in [-0.25, -0.2) is 0 Å². The number of carbonyl (C=O) groups is 1. The van der Waals surface area contributed by atoms with Gasteiger partial charge in [-0.3, -0.25) is 9.48 Å². The zero-order chi connectivity index (χ0) is 12.2. The van der Waals surface area contributed by atoms with Gasteiger partial charge in [0.15, 0.2) is 5.06 Å². The third-order valence-electron chi connectivity index (χ3n) is 3.11. The van der Waals surface area contributed by atoms with Crippen LogP contribution in [0.15, 0.2) is 6.20 Å². The Balaban J connectivity index is 0.00000120. The molecule has 7 heteroatoms. The first kappa shape index (κ1) is 11.7. The number of aryl methyl sites for hydroxylation is 2. The second kappa shape index (κ2) is 3.59.